The van der Waals surface area contributed by atoms with Crippen LogP contribution in [0.5, 0.6) is 5.75 Å². The molecule has 1 aromatic carbocycles. The van der Waals surface area contributed by atoms with Gasteiger partial charge < -0.3 is 15.0 Å². The van der Waals surface area contributed by atoms with E-state index in [2.05, 4.69) is 30.2 Å². The van der Waals surface area contributed by atoms with Crippen LogP contribution in [0.2, 0.25) is 0 Å². The van der Waals surface area contributed by atoms with Gasteiger partial charge in [0.2, 0.25) is 5.91 Å². The average molecular weight is 419 g/mol. The maximum atomic E-state index is 12.6. The fourth-order valence-electron chi connectivity index (χ4n) is 3.74. The average Bonchev–Trinajstić information content (AvgIpc) is 2.83. The molecule has 160 valence electrons. The molecular weight excluding hydrogens is 392 g/mol. The molecule has 1 aliphatic rings. The van der Waals surface area contributed by atoms with Crippen LogP contribution in [0.4, 0.5) is 5.82 Å². The second-order valence-corrected chi connectivity index (χ2v) is 7.62. The minimum absolute atomic E-state index is 0.00193. The number of piperidine rings is 1. The Balaban J connectivity index is 1.33. The van der Waals surface area contributed by atoms with Gasteiger partial charge >= 0.3 is 0 Å². The molecule has 0 spiro atoms. The molecule has 0 aliphatic carbocycles. The van der Waals surface area contributed by atoms with Gasteiger partial charge in [0, 0.05) is 36.3 Å². The van der Waals surface area contributed by atoms with Crippen LogP contribution in [0.1, 0.15) is 24.2 Å². The van der Waals surface area contributed by atoms with Crippen molar-refractivity contribution in [1.82, 2.24) is 25.3 Å². The Kier molecular flexibility index (Phi) is 6.35. The number of anilines is 1. The lowest BCUT2D eigenvalue weighted by Gasteiger charge is -2.32. The molecule has 8 nitrogen and oxygen atoms in total. The molecule has 0 saturated carbocycles. The third-order valence-corrected chi connectivity index (χ3v) is 5.53. The summed E-state index contributed by atoms with van der Waals surface area (Å²) < 4.78 is 5.22. The zero-order valence-corrected chi connectivity index (χ0v) is 17.8. The zero-order chi connectivity index (χ0) is 21.6. The summed E-state index contributed by atoms with van der Waals surface area (Å²) >= 11 is 0. The Labute approximate surface area is 181 Å². The lowest BCUT2D eigenvalue weighted by molar-refractivity contribution is -0.125. The monoisotopic (exact) mass is 418 g/mol. The number of nitrogens with one attached hydrogen (secondary N) is 1. The largest absolute Gasteiger partial charge is 0.497 e. The van der Waals surface area contributed by atoms with Crippen LogP contribution in [0.15, 0.2) is 49.1 Å². The van der Waals surface area contributed by atoms with E-state index in [9.17, 15) is 4.79 Å². The first kappa shape index (κ1) is 20.7. The number of hydrogen-bond donors (Lipinski definition) is 1. The van der Waals surface area contributed by atoms with Crippen LogP contribution in [-0.2, 0) is 11.3 Å². The normalized spacial score (nSPS) is 14.3. The van der Waals surface area contributed by atoms with E-state index in [1.165, 1.54) is 6.33 Å². The van der Waals surface area contributed by atoms with Crippen molar-refractivity contribution in [2.24, 2.45) is 5.92 Å². The van der Waals surface area contributed by atoms with Crippen molar-refractivity contribution in [3.63, 3.8) is 0 Å². The van der Waals surface area contributed by atoms with Gasteiger partial charge in [-0.05, 0) is 50.1 Å². The molecule has 1 aliphatic heterocycles. The maximum Gasteiger partial charge on any atom is 0.223 e. The van der Waals surface area contributed by atoms with E-state index in [0.29, 0.717) is 6.54 Å². The topological polar surface area (TPSA) is 93.1 Å². The molecule has 0 atom stereocenters. The summed E-state index contributed by atoms with van der Waals surface area (Å²) in [5.41, 5.74) is 3.60. The Bertz CT molecular complexity index is 1030. The number of ether oxygens (including phenoxy) is 1. The molecule has 1 saturated heterocycles. The molecule has 3 aromatic rings. The minimum atomic E-state index is 0.00193. The van der Waals surface area contributed by atoms with Crippen molar-refractivity contribution in [2.45, 2.75) is 26.3 Å². The molecule has 1 N–H and O–H groups in total. The lowest BCUT2D eigenvalue weighted by Crippen LogP contribution is -2.40. The predicted octanol–water partition coefficient (Wildman–Crippen LogP) is 2.78. The molecule has 1 amide bonds. The van der Waals surface area contributed by atoms with Crippen molar-refractivity contribution in [1.29, 1.82) is 0 Å². The van der Waals surface area contributed by atoms with E-state index < -0.39 is 0 Å². The quantitative estimate of drug-likeness (QED) is 0.658. The number of methoxy groups -OCH3 is 1. The summed E-state index contributed by atoms with van der Waals surface area (Å²) in [7, 11) is 1.65. The summed E-state index contributed by atoms with van der Waals surface area (Å²) in [6.07, 6.45) is 4.70. The van der Waals surface area contributed by atoms with E-state index in [1.54, 1.807) is 13.4 Å². The highest BCUT2D eigenvalue weighted by Gasteiger charge is 2.25. The number of aryl methyl sites for hydroxylation is 1. The third kappa shape index (κ3) is 5.14. The molecule has 0 unspecified atom stereocenters. The van der Waals surface area contributed by atoms with Crippen molar-refractivity contribution >= 4 is 11.7 Å². The zero-order valence-electron chi connectivity index (χ0n) is 17.8. The highest BCUT2D eigenvalue weighted by Crippen LogP contribution is 2.26. The van der Waals surface area contributed by atoms with Gasteiger partial charge in [-0.15, -0.1) is 0 Å². The molecule has 31 heavy (non-hydrogen) atoms. The lowest BCUT2D eigenvalue weighted by atomic mass is 9.96. The number of benzene rings is 1. The highest BCUT2D eigenvalue weighted by atomic mass is 16.5. The molecule has 8 heteroatoms. The summed E-state index contributed by atoms with van der Waals surface area (Å²) in [6.45, 7) is 3.91. The number of carbonyl (C=O) groups excluding carboxylic acids is 1. The van der Waals surface area contributed by atoms with Crippen LogP contribution < -0.4 is 15.0 Å². The number of rotatable bonds is 6. The first-order chi connectivity index (χ1) is 15.1. The summed E-state index contributed by atoms with van der Waals surface area (Å²) in [4.78, 5) is 31.9. The molecule has 3 heterocycles. The van der Waals surface area contributed by atoms with Crippen molar-refractivity contribution in [3.8, 4) is 17.0 Å². The van der Waals surface area contributed by atoms with E-state index in [-0.39, 0.29) is 11.8 Å². The standard InChI is InChI=1S/C23H26N6O2/c1-16-11-19(26-14-25-16)13-24-23(30)18-7-9-29(10-8-18)22-12-21(27-15-28-22)17-3-5-20(31-2)6-4-17/h3-6,11-12,14-15,18H,7-10,13H2,1-2H3,(H,24,30). The van der Waals surface area contributed by atoms with Gasteiger partial charge in [0.15, 0.2) is 0 Å². The SMILES string of the molecule is COc1ccc(-c2cc(N3CCC(C(=O)NCc4cc(C)ncn4)CC3)ncn2)cc1. The minimum Gasteiger partial charge on any atom is -0.497 e. The summed E-state index contributed by atoms with van der Waals surface area (Å²) in [6, 6.07) is 11.7. The van der Waals surface area contributed by atoms with Crippen LogP contribution in [-0.4, -0.2) is 46.0 Å². The smallest absolute Gasteiger partial charge is 0.223 e. The summed E-state index contributed by atoms with van der Waals surface area (Å²) in [5, 5.41) is 3.01. The van der Waals surface area contributed by atoms with E-state index in [1.807, 2.05) is 43.3 Å². The number of hydrogen-bond acceptors (Lipinski definition) is 7. The molecular formula is C23H26N6O2. The summed E-state index contributed by atoms with van der Waals surface area (Å²) in [5.74, 6) is 1.78. The first-order valence-electron chi connectivity index (χ1n) is 10.4. The van der Waals surface area contributed by atoms with E-state index in [4.69, 9.17) is 4.74 Å². The number of aromatic nitrogens is 4. The van der Waals surface area contributed by atoms with Crippen molar-refractivity contribution < 1.29 is 9.53 Å². The van der Waals surface area contributed by atoms with Gasteiger partial charge in [0.05, 0.1) is 25.0 Å². The van der Waals surface area contributed by atoms with Gasteiger partial charge in [-0.1, -0.05) is 0 Å². The number of amides is 1. The van der Waals surface area contributed by atoms with Gasteiger partial charge in [0.25, 0.3) is 0 Å². The first-order valence-corrected chi connectivity index (χ1v) is 10.4. The number of carbonyl (C=O) groups is 1. The molecule has 2 aromatic heterocycles. The second-order valence-electron chi connectivity index (χ2n) is 7.62. The third-order valence-electron chi connectivity index (χ3n) is 5.53. The van der Waals surface area contributed by atoms with Gasteiger partial charge in [-0.3, -0.25) is 4.79 Å². The molecule has 1 fully saturated rings. The Morgan fingerprint density at radius 3 is 2.52 bits per heavy atom. The van der Waals surface area contributed by atoms with Gasteiger partial charge in [-0.25, -0.2) is 19.9 Å². The van der Waals surface area contributed by atoms with Crippen molar-refractivity contribution in [2.75, 3.05) is 25.1 Å². The fraction of sp³-hybridized carbons (Fsp3) is 0.348. The molecule has 4 rings (SSSR count). The van der Waals surface area contributed by atoms with Crippen LogP contribution in [0.25, 0.3) is 11.3 Å². The molecule has 0 radical (unpaired) electrons. The Hall–Kier alpha value is -3.55. The van der Waals surface area contributed by atoms with E-state index in [0.717, 1.165) is 60.1 Å². The van der Waals surface area contributed by atoms with E-state index >= 15 is 0 Å². The highest BCUT2D eigenvalue weighted by molar-refractivity contribution is 5.79. The fourth-order valence-corrected chi connectivity index (χ4v) is 3.74. The van der Waals surface area contributed by atoms with Gasteiger partial charge in [-0.2, -0.15) is 0 Å². The molecule has 0 bridgehead atoms. The maximum absolute atomic E-state index is 12.6. The predicted molar refractivity (Wildman–Crippen MR) is 118 cm³/mol. The van der Waals surface area contributed by atoms with Crippen LogP contribution in [0, 0.1) is 12.8 Å². The number of nitrogens with zero attached hydrogens (tertiary/aromatic N) is 5. The van der Waals surface area contributed by atoms with Gasteiger partial charge in [0.1, 0.15) is 24.2 Å². The van der Waals surface area contributed by atoms with Crippen LogP contribution >= 0.6 is 0 Å². The van der Waals surface area contributed by atoms with Crippen molar-refractivity contribution in [3.05, 3.63) is 60.4 Å². The van der Waals surface area contributed by atoms with Crippen LogP contribution in [0.3, 0.4) is 0 Å². The Morgan fingerprint density at radius 1 is 1.06 bits per heavy atom. The Morgan fingerprint density at radius 2 is 1.81 bits per heavy atom. The second kappa shape index (κ2) is 9.51.